The number of aliphatic hydroxyl groups excluding tert-OH is 1. The van der Waals surface area contributed by atoms with Gasteiger partial charge in [-0.05, 0) is 93.8 Å². The second-order valence-corrected chi connectivity index (χ2v) is 12.4. The van der Waals surface area contributed by atoms with Gasteiger partial charge in [0, 0.05) is 24.6 Å². The van der Waals surface area contributed by atoms with Crippen LogP contribution >= 0.6 is 0 Å². The van der Waals surface area contributed by atoms with Gasteiger partial charge in [-0.2, -0.15) is 0 Å². The van der Waals surface area contributed by atoms with Crippen molar-refractivity contribution in [1.82, 2.24) is 9.88 Å². The van der Waals surface area contributed by atoms with Crippen molar-refractivity contribution in [2.45, 2.75) is 71.2 Å². The van der Waals surface area contributed by atoms with E-state index in [2.05, 4.69) is 0 Å². The normalized spacial score (nSPS) is 17.0. The van der Waals surface area contributed by atoms with Crippen LogP contribution in [0.15, 0.2) is 48.5 Å². The minimum atomic E-state index is -0.582. The Morgan fingerprint density at radius 2 is 1.79 bits per heavy atom. The second kappa shape index (κ2) is 13.1. The Kier molecular flexibility index (Phi) is 9.30. The molecule has 2 fully saturated rings. The minimum absolute atomic E-state index is 0.0457. The van der Waals surface area contributed by atoms with E-state index >= 15 is 0 Å². The highest BCUT2D eigenvalue weighted by Crippen LogP contribution is 2.42. The number of amides is 1. The van der Waals surface area contributed by atoms with E-state index in [-0.39, 0.29) is 24.4 Å². The van der Waals surface area contributed by atoms with E-state index in [4.69, 9.17) is 29.7 Å². The van der Waals surface area contributed by atoms with Crippen molar-refractivity contribution in [3.8, 4) is 28.5 Å². The number of nitrogen functional groups attached to an aromatic ring is 1. The molecular formula is C34H43N3O6. The zero-order chi connectivity index (χ0) is 30.6. The predicted octanol–water partition coefficient (Wildman–Crippen LogP) is 6.31. The number of aliphatic hydroxyl groups is 1. The SMILES string of the molecule is COc1ccc(COc2cccc(OCC3CC3)c2-c2cc([C@@H]3CCCN(C(=O)OC(C)(C)C)C3)c(CO)c(N)n2)cc1. The first-order valence-electron chi connectivity index (χ1n) is 15.0. The van der Waals surface area contributed by atoms with E-state index in [0.717, 1.165) is 29.7 Å². The van der Waals surface area contributed by atoms with Crippen LogP contribution in [-0.2, 0) is 18.0 Å². The zero-order valence-corrected chi connectivity index (χ0v) is 25.6. The molecule has 0 spiro atoms. The molecule has 3 N–H and O–H groups in total. The van der Waals surface area contributed by atoms with E-state index in [9.17, 15) is 9.90 Å². The van der Waals surface area contributed by atoms with Crippen molar-refractivity contribution in [1.29, 1.82) is 0 Å². The van der Waals surface area contributed by atoms with Gasteiger partial charge in [-0.15, -0.1) is 0 Å². The number of aromatic nitrogens is 1. The molecule has 1 aliphatic carbocycles. The summed E-state index contributed by atoms with van der Waals surface area (Å²) >= 11 is 0. The smallest absolute Gasteiger partial charge is 0.410 e. The van der Waals surface area contributed by atoms with Gasteiger partial charge in [0.05, 0.1) is 31.6 Å². The molecule has 5 rings (SSSR count). The fraction of sp³-hybridized carbons (Fsp3) is 0.471. The Hall–Kier alpha value is -3.98. The van der Waals surface area contributed by atoms with Gasteiger partial charge in [-0.3, -0.25) is 0 Å². The van der Waals surface area contributed by atoms with Gasteiger partial charge >= 0.3 is 6.09 Å². The molecule has 9 heteroatoms. The highest BCUT2D eigenvalue weighted by molar-refractivity contribution is 5.76. The first-order valence-corrected chi connectivity index (χ1v) is 15.0. The molecule has 1 atom stereocenters. The van der Waals surface area contributed by atoms with Crippen molar-refractivity contribution in [3.05, 3.63) is 65.2 Å². The molecule has 1 aliphatic heterocycles. The average Bonchev–Trinajstić information content (AvgIpc) is 3.83. The summed E-state index contributed by atoms with van der Waals surface area (Å²) in [7, 11) is 1.64. The van der Waals surface area contributed by atoms with Gasteiger partial charge in [0.15, 0.2) is 0 Å². The molecule has 230 valence electrons. The number of hydrogen-bond acceptors (Lipinski definition) is 8. The van der Waals surface area contributed by atoms with Gasteiger partial charge < -0.3 is 34.7 Å². The Balaban J connectivity index is 1.49. The third-order valence-electron chi connectivity index (χ3n) is 7.83. The van der Waals surface area contributed by atoms with Crippen LogP contribution < -0.4 is 19.9 Å². The number of piperidine rings is 1. The van der Waals surface area contributed by atoms with Gasteiger partial charge in [-0.25, -0.2) is 9.78 Å². The molecule has 1 aromatic heterocycles. The van der Waals surface area contributed by atoms with Gasteiger partial charge in [0.25, 0.3) is 0 Å². The van der Waals surface area contributed by atoms with Gasteiger partial charge in [0.1, 0.15) is 35.3 Å². The summed E-state index contributed by atoms with van der Waals surface area (Å²) in [5.41, 5.74) is 9.69. The lowest BCUT2D eigenvalue weighted by Crippen LogP contribution is -2.42. The average molecular weight is 590 g/mol. The van der Waals surface area contributed by atoms with Crippen molar-refractivity contribution in [2.75, 3.05) is 32.5 Å². The van der Waals surface area contributed by atoms with Gasteiger partial charge in [-0.1, -0.05) is 18.2 Å². The molecule has 0 unspecified atom stereocenters. The molecule has 1 amide bonds. The van der Waals surface area contributed by atoms with E-state index in [1.165, 1.54) is 12.8 Å². The molecule has 0 radical (unpaired) electrons. The maximum atomic E-state index is 12.9. The lowest BCUT2D eigenvalue weighted by atomic mass is 9.87. The Labute approximate surface area is 253 Å². The lowest BCUT2D eigenvalue weighted by Gasteiger charge is -2.35. The highest BCUT2D eigenvalue weighted by Gasteiger charge is 2.31. The number of rotatable bonds is 10. The molecule has 3 aromatic rings. The number of carbonyl (C=O) groups excluding carboxylic acids is 1. The number of likely N-dealkylation sites (tertiary alicyclic amines) is 1. The Bertz CT molecular complexity index is 1410. The van der Waals surface area contributed by atoms with Crippen molar-refractivity contribution >= 4 is 11.9 Å². The number of anilines is 1. The molecule has 1 saturated carbocycles. The fourth-order valence-corrected chi connectivity index (χ4v) is 5.38. The second-order valence-electron chi connectivity index (χ2n) is 12.4. The summed E-state index contributed by atoms with van der Waals surface area (Å²) in [5, 5.41) is 10.3. The molecule has 43 heavy (non-hydrogen) atoms. The number of ether oxygens (including phenoxy) is 4. The van der Waals surface area contributed by atoms with Gasteiger partial charge in [0.2, 0.25) is 0 Å². The number of carbonyl (C=O) groups is 1. The van der Waals surface area contributed by atoms with Crippen LogP contribution in [0.25, 0.3) is 11.3 Å². The number of nitrogens with two attached hydrogens (primary N) is 1. The zero-order valence-electron chi connectivity index (χ0n) is 25.6. The number of nitrogens with zero attached hydrogens (tertiary/aromatic N) is 2. The van der Waals surface area contributed by atoms with Crippen LogP contribution in [0.1, 0.15) is 69.1 Å². The summed E-state index contributed by atoms with van der Waals surface area (Å²) in [6.45, 7) is 7.39. The van der Waals surface area contributed by atoms with Crippen LogP contribution in [0.4, 0.5) is 10.6 Å². The summed E-state index contributed by atoms with van der Waals surface area (Å²) in [5.74, 6) is 2.84. The van der Waals surface area contributed by atoms with Crippen LogP contribution in [0, 0.1) is 5.92 Å². The van der Waals surface area contributed by atoms with Crippen molar-refractivity contribution < 1.29 is 28.8 Å². The first kappa shape index (κ1) is 30.5. The molecule has 2 heterocycles. The third kappa shape index (κ3) is 7.70. The first-order chi connectivity index (χ1) is 20.6. The topological polar surface area (TPSA) is 116 Å². The molecule has 9 nitrogen and oxygen atoms in total. The number of methoxy groups -OCH3 is 1. The molecule has 2 aromatic carbocycles. The summed E-state index contributed by atoms with van der Waals surface area (Å²) in [4.78, 5) is 19.4. The van der Waals surface area contributed by atoms with E-state index < -0.39 is 5.60 Å². The molecular weight excluding hydrogens is 546 g/mol. The monoisotopic (exact) mass is 589 g/mol. The van der Waals surface area contributed by atoms with Crippen LogP contribution in [0.5, 0.6) is 17.2 Å². The van der Waals surface area contributed by atoms with E-state index in [1.807, 2.05) is 69.3 Å². The summed E-state index contributed by atoms with van der Waals surface area (Å²) < 4.78 is 23.6. The highest BCUT2D eigenvalue weighted by atomic mass is 16.6. The van der Waals surface area contributed by atoms with Crippen molar-refractivity contribution in [3.63, 3.8) is 0 Å². The van der Waals surface area contributed by atoms with Crippen LogP contribution in [-0.4, -0.2) is 53.5 Å². The number of benzene rings is 2. The molecule has 0 bridgehead atoms. The van der Waals surface area contributed by atoms with Crippen LogP contribution in [0.3, 0.4) is 0 Å². The lowest BCUT2D eigenvalue weighted by molar-refractivity contribution is 0.0198. The Morgan fingerprint density at radius 1 is 1.07 bits per heavy atom. The quantitative estimate of drug-likeness (QED) is 0.283. The largest absolute Gasteiger partial charge is 0.497 e. The van der Waals surface area contributed by atoms with Crippen molar-refractivity contribution in [2.24, 2.45) is 5.92 Å². The molecule has 1 saturated heterocycles. The molecule has 2 aliphatic rings. The number of hydrogen-bond donors (Lipinski definition) is 2. The standard InChI is InChI=1S/C34H43N3O6/c1-34(2,3)43-33(39)37-16-6-7-24(18-37)26-17-28(36-32(35)27(26)19-38)31-29(41-20-22-10-11-22)8-5-9-30(31)42-21-23-12-14-25(40-4)15-13-23/h5,8-9,12-15,17,22,24,38H,6-7,10-11,16,18-21H2,1-4H3,(H2,35,36)/t24-/m1/s1. The third-order valence-corrected chi connectivity index (χ3v) is 7.83. The fourth-order valence-electron chi connectivity index (χ4n) is 5.38. The maximum Gasteiger partial charge on any atom is 0.410 e. The number of pyridine rings is 1. The van der Waals surface area contributed by atoms with E-state index in [1.54, 1.807) is 12.0 Å². The summed E-state index contributed by atoms with van der Waals surface area (Å²) in [6, 6.07) is 15.5. The van der Waals surface area contributed by atoms with Crippen LogP contribution in [0.2, 0.25) is 0 Å². The Morgan fingerprint density at radius 3 is 2.44 bits per heavy atom. The summed E-state index contributed by atoms with van der Waals surface area (Å²) in [6.07, 6.45) is 3.65. The maximum absolute atomic E-state index is 12.9. The van der Waals surface area contributed by atoms with E-state index in [0.29, 0.717) is 60.5 Å². The minimum Gasteiger partial charge on any atom is -0.497 e. The predicted molar refractivity (Wildman–Crippen MR) is 165 cm³/mol.